The number of thiazole rings is 1. The lowest BCUT2D eigenvalue weighted by atomic mass is 10.3. The van der Waals surface area contributed by atoms with Crippen molar-refractivity contribution in [3.63, 3.8) is 0 Å². The molecule has 0 aliphatic carbocycles. The molecule has 76 valence electrons. The number of amides is 2. The number of hydrogen-bond donors (Lipinski definition) is 2. The summed E-state index contributed by atoms with van der Waals surface area (Å²) in [5, 5.41) is 5.13. The molecule has 0 aliphatic rings. The zero-order chi connectivity index (χ0) is 10.6. The van der Waals surface area contributed by atoms with Crippen LogP contribution in [-0.4, -0.2) is 23.3 Å². The highest BCUT2D eigenvalue weighted by Crippen LogP contribution is 2.07. The quantitative estimate of drug-likeness (QED) is 0.713. The fourth-order valence-corrected chi connectivity index (χ4v) is 1.51. The van der Waals surface area contributed by atoms with Crippen LogP contribution in [0.4, 0.5) is 0 Å². The molecule has 0 saturated carbocycles. The van der Waals surface area contributed by atoms with E-state index in [4.69, 9.17) is 5.73 Å². The first-order chi connectivity index (χ1) is 6.58. The number of nitrogens with one attached hydrogen (secondary N) is 1. The lowest BCUT2D eigenvalue weighted by Crippen LogP contribution is -2.34. The van der Waals surface area contributed by atoms with Crippen LogP contribution in [0.3, 0.4) is 0 Å². The Hall–Kier alpha value is -1.43. The van der Waals surface area contributed by atoms with Crippen LogP contribution in [0.5, 0.6) is 0 Å². The summed E-state index contributed by atoms with van der Waals surface area (Å²) >= 11 is 1.49. The van der Waals surface area contributed by atoms with Crippen LogP contribution in [0.25, 0.3) is 0 Å². The highest BCUT2D eigenvalue weighted by Gasteiger charge is 2.06. The first kappa shape index (κ1) is 10.6. The molecule has 0 fully saturated rings. The van der Waals surface area contributed by atoms with Gasteiger partial charge in [-0.3, -0.25) is 9.59 Å². The van der Waals surface area contributed by atoms with Gasteiger partial charge in [-0.15, -0.1) is 11.3 Å². The van der Waals surface area contributed by atoms with Crippen molar-refractivity contribution in [2.24, 2.45) is 5.73 Å². The molecule has 1 rings (SSSR count). The largest absolute Gasteiger partial charge is 0.368 e. The third-order valence-corrected chi connectivity index (χ3v) is 2.29. The summed E-state index contributed by atoms with van der Waals surface area (Å²) in [7, 11) is 0. The van der Waals surface area contributed by atoms with Crippen LogP contribution in [-0.2, 0) is 16.0 Å². The molecule has 0 unspecified atom stereocenters. The van der Waals surface area contributed by atoms with E-state index in [-0.39, 0.29) is 18.9 Å². The summed E-state index contributed by atoms with van der Waals surface area (Å²) in [5.41, 5.74) is 5.59. The summed E-state index contributed by atoms with van der Waals surface area (Å²) < 4.78 is 0. The van der Waals surface area contributed by atoms with Gasteiger partial charge in [0, 0.05) is 5.38 Å². The van der Waals surface area contributed by atoms with Gasteiger partial charge in [-0.2, -0.15) is 0 Å². The molecule has 0 radical (unpaired) electrons. The van der Waals surface area contributed by atoms with Gasteiger partial charge in [-0.05, 0) is 6.92 Å². The van der Waals surface area contributed by atoms with Gasteiger partial charge >= 0.3 is 0 Å². The fraction of sp³-hybridized carbons (Fsp3) is 0.375. The van der Waals surface area contributed by atoms with Crippen LogP contribution < -0.4 is 11.1 Å². The zero-order valence-corrected chi connectivity index (χ0v) is 8.56. The van der Waals surface area contributed by atoms with Crippen molar-refractivity contribution in [2.45, 2.75) is 13.3 Å². The SMILES string of the molecule is Cc1nc(CC(=O)NCC(N)=O)cs1. The predicted molar refractivity (Wildman–Crippen MR) is 52.8 cm³/mol. The summed E-state index contributed by atoms with van der Waals surface area (Å²) in [6.07, 6.45) is 0.192. The van der Waals surface area contributed by atoms with Gasteiger partial charge in [-0.25, -0.2) is 4.98 Å². The number of rotatable bonds is 4. The van der Waals surface area contributed by atoms with E-state index in [0.717, 1.165) is 10.7 Å². The Bertz CT molecular complexity index is 348. The first-order valence-corrected chi connectivity index (χ1v) is 4.92. The summed E-state index contributed by atoms with van der Waals surface area (Å²) in [6.45, 7) is 1.75. The molecular formula is C8H11N3O2S. The van der Waals surface area contributed by atoms with E-state index in [1.165, 1.54) is 11.3 Å². The Morgan fingerprint density at radius 1 is 1.64 bits per heavy atom. The fourth-order valence-electron chi connectivity index (χ4n) is 0.902. The van der Waals surface area contributed by atoms with E-state index in [1.807, 2.05) is 12.3 Å². The van der Waals surface area contributed by atoms with Crippen molar-refractivity contribution in [3.8, 4) is 0 Å². The molecule has 6 heteroatoms. The second-order valence-electron chi connectivity index (χ2n) is 2.78. The average Bonchev–Trinajstić information content (AvgIpc) is 2.48. The van der Waals surface area contributed by atoms with Crippen molar-refractivity contribution < 1.29 is 9.59 Å². The molecule has 1 aromatic rings. The number of carbonyl (C=O) groups is 2. The van der Waals surface area contributed by atoms with E-state index >= 15 is 0 Å². The molecule has 0 atom stereocenters. The van der Waals surface area contributed by atoms with Gasteiger partial charge in [-0.1, -0.05) is 0 Å². The standard InChI is InChI=1S/C8H11N3O2S/c1-5-11-6(4-14-5)2-8(13)10-3-7(9)12/h4H,2-3H2,1H3,(H2,9,12)(H,10,13). The number of nitrogens with zero attached hydrogens (tertiary/aromatic N) is 1. The minimum atomic E-state index is -0.548. The molecular weight excluding hydrogens is 202 g/mol. The molecule has 0 aliphatic heterocycles. The van der Waals surface area contributed by atoms with Crippen LogP contribution >= 0.6 is 11.3 Å². The van der Waals surface area contributed by atoms with Crippen LogP contribution in [0.1, 0.15) is 10.7 Å². The number of aromatic nitrogens is 1. The number of nitrogens with two attached hydrogens (primary N) is 1. The highest BCUT2D eigenvalue weighted by molar-refractivity contribution is 7.09. The molecule has 0 saturated heterocycles. The monoisotopic (exact) mass is 213 g/mol. The van der Waals surface area contributed by atoms with E-state index in [2.05, 4.69) is 10.3 Å². The van der Waals surface area contributed by atoms with Gasteiger partial charge in [0.05, 0.1) is 23.7 Å². The summed E-state index contributed by atoms with van der Waals surface area (Å²) in [5.74, 6) is -0.790. The lowest BCUT2D eigenvalue weighted by molar-refractivity contribution is -0.124. The number of hydrogen-bond acceptors (Lipinski definition) is 4. The Labute approximate surface area is 85.3 Å². The Kier molecular flexibility index (Phi) is 3.58. The van der Waals surface area contributed by atoms with Crippen molar-refractivity contribution in [1.82, 2.24) is 10.3 Å². The van der Waals surface area contributed by atoms with E-state index < -0.39 is 5.91 Å². The minimum absolute atomic E-state index is 0.123. The van der Waals surface area contributed by atoms with Gasteiger partial charge in [0.15, 0.2) is 0 Å². The average molecular weight is 213 g/mol. The smallest absolute Gasteiger partial charge is 0.236 e. The van der Waals surface area contributed by atoms with Crippen molar-refractivity contribution >= 4 is 23.2 Å². The number of carbonyl (C=O) groups excluding carboxylic acids is 2. The molecule has 14 heavy (non-hydrogen) atoms. The highest BCUT2D eigenvalue weighted by atomic mass is 32.1. The topological polar surface area (TPSA) is 85.1 Å². The third-order valence-electron chi connectivity index (χ3n) is 1.47. The van der Waals surface area contributed by atoms with Crippen LogP contribution in [0.15, 0.2) is 5.38 Å². The minimum Gasteiger partial charge on any atom is -0.368 e. The van der Waals surface area contributed by atoms with Crippen LogP contribution in [0.2, 0.25) is 0 Å². The Morgan fingerprint density at radius 3 is 2.86 bits per heavy atom. The van der Waals surface area contributed by atoms with Gasteiger partial charge in [0.2, 0.25) is 11.8 Å². The Balaban J connectivity index is 2.37. The normalized spacial score (nSPS) is 9.79. The predicted octanol–water partition coefficient (Wildman–Crippen LogP) is -0.404. The second-order valence-corrected chi connectivity index (χ2v) is 3.84. The van der Waals surface area contributed by atoms with Crippen LogP contribution in [0, 0.1) is 6.92 Å². The molecule has 2 amide bonds. The van der Waals surface area contributed by atoms with E-state index in [0.29, 0.717) is 0 Å². The molecule has 1 aromatic heterocycles. The molecule has 0 spiro atoms. The third kappa shape index (κ3) is 3.53. The molecule has 5 nitrogen and oxygen atoms in total. The maximum atomic E-state index is 11.2. The maximum absolute atomic E-state index is 11.2. The number of primary amides is 1. The summed E-state index contributed by atoms with van der Waals surface area (Å²) in [4.78, 5) is 25.6. The molecule has 1 heterocycles. The molecule has 0 bridgehead atoms. The maximum Gasteiger partial charge on any atom is 0.236 e. The number of aryl methyl sites for hydroxylation is 1. The second kappa shape index (κ2) is 4.71. The van der Waals surface area contributed by atoms with Crippen molar-refractivity contribution in [1.29, 1.82) is 0 Å². The van der Waals surface area contributed by atoms with E-state index in [9.17, 15) is 9.59 Å². The van der Waals surface area contributed by atoms with Gasteiger partial charge in [0.1, 0.15) is 0 Å². The van der Waals surface area contributed by atoms with Crippen molar-refractivity contribution in [2.75, 3.05) is 6.54 Å². The molecule has 3 N–H and O–H groups in total. The summed E-state index contributed by atoms with van der Waals surface area (Å²) in [6, 6.07) is 0. The van der Waals surface area contributed by atoms with Gasteiger partial charge in [0.25, 0.3) is 0 Å². The van der Waals surface area contributed by atoms with Gasteiger partial charge < -0.3 is 11.1 Å². The first-order valence-electron chi connectivity index (χ1n) is 4.04. The zero-order valence-electron chi connectivity index (χ0n) is 7.74. The molecule has 0 aromatic carbocycles. The lowest BCUT2D eigenvalue weighted by Gasteiger charge is -1.99. The van der Waals surface area contributed by atoms with E-state index in [1.54, 1.807) is 0 Å². The van der Waals surface area contributed by atoms with Crippen molar-refractivity contribution in [3.05, 3.63) is 16.1 Å². The Morgan fingerprint density at radius 2 is 2.36 bits per heavy atom.